The highest BCUT2D eigenvalue weighted by molar-refractivity contribution is 5.89. The van der Waals surface area contributed by atoms with E-state index < -0.39 is 17.7 Å². The molecule has 3 aliphatic heterocycles. The first kappa shape index (κ1) is 41.5. The summed E-state index contributed by atoms with van der Waals surface area (Å²) in [6.45, 7) is 7.83. The fourth-order valence-electron chi connectivity index (χ4n) is 8.53. The molecule has 0 radical (unpaired) electrons. The molecule has 0 spiro atoms. The van der Waals surface area contributed by atoms with E-state index >= 15 is 0 Å². The van der Waals surface area contributed by atoms with Crippen LogP contribution in [0.25, 0.3) is 22.5 Å². The second-order valence-corrected chi connectivity index (χ2v) is 17.2. The van der Waals surface area contributed by atoms with E-state index in [0.717, 1.165) is 65.1 Å². The largest absolute Gasteiger partial charge is 0.390 e. The van der Waals surface area contributed by atoms with Gasteiger partial charge in [-0.25, -0.2) is 14.8 Å². The van der Waals surface area contributed by atoms with Gasteiger partial charge in [-0.15, -0.1) is 0 Å². The van der Waals surface area contributed by atoms with Crippen molar-refractivity contribution in [1.29, 1.82) is 0 Å². The first-order chi connectivity index (χ1) is 29.4. The molecular weight excluding hydrogens is 767 g/mol. The van der Waals surface area contributed by atoms with Crippen LogP contribution < -0.4 is 11.1 Å². The average molecular weight is 822 g/mol. The molecule has 13 nitrogen and oxygen atoms in total. The summed E-state index contributed by atoms with van der Waals surface area (Å²) in [7, 11) is 0. The molecular formula is C48H55N9O4. The minimum absolute atomic E-state index is 0.0195. The van der Waals surface area contributed by atoms with Crippen LogP contribution in [0.15, 0.2) is 91.3 Å². The number of hydrogen-bond donors (Lipinski definition) is 5. The Kier molecular flexibility index (Phi) is 12.1. The molecule has 61 heavy (non-hydrogen) atoms. The Hall–Kier alpha value is -6.23. The van der Waals surface area contributed by atoms with Crippen molar-refractivity contribution in [3.63, 3.8) is 0 Å². The van der Waals surface area contributed by atoms with Crippen LogP contribution in [0.4, 0.5) is 4.79 Å². The second-order valence-electron chi connectivity index (χ2n) is 17.2. The number of benzene rings is 3. The normalized spacial score (nSPS) is 19.7. The monoisotopic (exact) mass is 821 g/mol. The molecule has 5 heterocycles. The number of carbonyl (C=O) groups is 3. The highest BCUT2D eigenvalue weighted by Crippen LogP contribution is 2.35. The van der Waals surface area contributed by atoms with E-state index in [-0.39, 0.29) is 35.8 Å². The maximum Gasteiger partial charge on any atom is 0.318 e. The molecule has 316 valence electrons. The van der Waals surface area contributed by atoms with Gasteiger partial charge in [0.15, 0.2) is 0 Å². The highest BCUT2D eigenvalue weighted by atomic mass is 16.3. The summed E-state index contributed by atoms with van der Waals surface area (Å²) in [4.78, 5) is 62.5. The molecule has 3 saturated heterocycles. The number of amides is 4. The summed E-state index contributed by atoms with van der Waals surface area (Å²) < 4.78 is 0. The van der Waals surface area contributed by atoms with Gasteiger partial charge >= 0.3 is 6.03 Å². The number of imidazole rings is 2. The molecule has 0 saturated carbocycles. The lowest BCUT2D eigenvalue weighted by molar-refractivity contribution is -0.135. The SMILES string of the molecule is CC(C)[C@H](N)C(=O)N1CCC[C@H]1c1ncc(-c2ccc(C#Cc3ccc(-c4cnc([C@@H]5CCCN5C(=O)[C@H](NC(=O)N5CCC(C)(O)CC5)c5ccccc5)[nH]4)cc3)cc2)[nH]1. The minimum Gasteiger partial charge on any atom is -0.390 e. The van der Waals surface area contributed by atoms with Gasteiger partial charge in [-0.3, -0.25) is 9.59 Å². The summed E-state index contributed by atoms with van der Waals surface area (Å²) in [5.41, 5.74) is 11.5. The first-order valence-electron chi connectivity index (χ1n) is 21.5. The number of nitrogens with zero attached hydrogens (tertiary/aromatic N) is 5. The number of urea groups is 1. The average Bonchev–Trinajstić information content (AvgIpc) is 4.12. The minimum atomic E-state index is -0.857. The Balaban J connectivity index is 0.899. The molecule has 8 rings (SSSR count). The van der Waals surface area contributed by atoms with E-state index in [1.54, 1.807) is 18.0 Å². The molecule has 3 aliphatic rings. The smallest absolute Gasteiger partial charge is 0.318 e. The number of aromatic nitrogens is 4. The maximum absolute atomic E-state index is 14.3. The fraction of sp³-hybridized carbons (Fsp3) is 0.396. The van der Waals surface area contributed by atoms with Crippen molar-refractivity contribution in [3.8, 4) is 34.4 Å². The summed E-state index contributed by atoms with van der Waals surface area (Å²) in [5, 5.41) is 13.4. The number of nitrogens with two attached hydrogens (primary N) is 1. The molecule has 3 fully saturated rings. The number of aromatic amines is 2. The molecule has 0 unspecified atom stereocenters. The first-order valence-corrected chi connectivity index (χ1v) is 21.5. The Morgan fingerprint density at radius 2 is 1.25 bits per heavy atom. The van der Waals surface area contributed by atoms with E-state index in [1.807, 2.05) is 109 Å². The van der Waals surface area contributed by atoms with E-state index in [2.05, 4.69) is 32.1 Å². The zero-order valence-electron chi connectivity index (χ0n) is 35.1. The van der Waals surface area contributed by atoms with Crippen molar-refractivity contribution in [2.75, 3.05) is 26.2 Å². The van der Waals surface area contributed by atoms with Crippen LogP contribution in [-0.4, -0.2) is 95.4 Å². The topological polar surface area (TPSA) is 177 Å². The highest BCUT2D eigenvalue weighted by Gasteiger charge is 2.39. The Morgan fingerprint density at radius 1 is 0.754 bits per heavy atom. The van der Waals surface area contributed by atoms with Crippen LogP contribution in [0.1, 0.15) is 106 Å². The van der Waals surface area contributed by atoms with Crippen LogP contribution in [0.2, 0.25) is 0 Å². The van der Waals surface area contributed by atoms with Gasteiger partial charge in [0.05, 0.1) is 47.5 Å². The zero-order chi connectivity index (χ0) is 42.7. The van der Waals surface area contributed by atoms with Crippen LogP contribution in [0.5, 0.6) is 0 Å². The number of aliphatic hydroxyl groups is 1. The standard InChI is InChI=1S/C48H55N9O4/c1-31(2)41(49)45(58)56-25-7-11-39(56)43-50-29-37(52-43)34-19-15-32(16-20-34)13-14-33-17-21-35(22-18-33)38-30-51-44(53-38)40-12-8-26-57(40)46(59)42(36-9-5-4-6-10-36)54-47(60)55-27-23-48(3,61)24-28-55/h4-6,9-10,15-22,29-31,39-42,61H,7-8,11-12,23-28,49H2,1-3H3,(H,50,52)(H,51,53)(H,54,60)/t39-,40-,41-,42+/m0/s1. The molecule has 3 aromatic carbocycles. The molecule has 0 bridgehead atoms. The van der Waals surface area contributed by atoms with Crippen LogP contribution in [0.3, 0.4) is 0 Å². The van der Waals surface area contributed by atoms with Gasteiger partial charge in [0.1, 0.15) is 17.7 Å². The summed E-state index contributed by atoms with van der Waals surface area (Å²) in [6.07, 6.45) is 7.95. The van der Waals surface area contributed by atoms with Gasteiger partial charge < -0.3 is 40.8 Å². The van der Waals surface area contributed by atoms with Gasteiger partial charge in [0, 0.05) is 37.3 Å². The van der Waals surface area contributed by atoms with Crippen molar-refractivity contribution in [2.45, 2.75) is 89.1 Å². The maximum atomic E-state index is 14.3. The van der Waals surface area contributed by atoms with Gasteiger partial charge in [0.2, 0.25) is 11.8 Å². The zero-order valence-corrected chi connectivity index (χ0v) is 35.1. The van der Waals surface area contributed by atoms with Gasteiger partial charge in [0.25, 0.3) is 0 Å². The third kappa shape index (κ3) is 9.26. The molecule has 13 heteroatoms. The Morgan fingerprint density at radius 3 is 1.74 bits per heavy atom. The fourth-order valence-corrected chi connectivity index (χ4v) is 8.53. The lowest BCUT2D eigenvalue weighted by atomic mass is 9.94. The van der Waals surface area contributed by atoms with Crippen LogP contribution in [0, 0.1) is 17.8 Å². The van der Waals surface area contributed by atoms with E-state index in [9.17, 15) is 19.5 Å². The Bertz CT molecular complexity index is 2380. The number of hydrogen-bond acceptors (Lipinski definition) is 7. The van der Waals surface area contributed by atoms with E-state index in [1.165, 1.54) is 0 Å². The predicted octanol–water partition coefficient (Wildman–Crippen LogP) is 6.47. The van der Waals surface area contributed by atoms with Crippen molar-refractivity contribution in [1.82, 2.24) is 40.0 Å². The van der Waals surface area contributed by atoms with Crippen molar-refractivity contribution >= 4 is 17.8 Å². The molecule has 4 amide bonds. The van der Waals surface area contributed by atoms with Crippen LogP contribution >= 0.6 is 0 Å². The number of carbonyl (C=O) groups excluding carboxylic acids is 3. The molecule has 5 aromatic rings. The van der Waals surface area contributed by atoms with Gasteiger partial charge in [-0.05, 0) is 92.3 Å². The lowest BCUT2D eigenvalue weighted by Crippen LogP contribution is -2.51. The van der Waals surface area contributed by atoms with Crippen molar-refractivity contribution < 1.29 is 19.5 Å². The summed E-state index contributed by atoms with van der Waals surface area (Å²) in [5.74, 6) is 7.91. The number of piperidine rings is 1. The molecule has 2 aromatic heterocycles. The van der Waals surface area contributed by atoms with Crippen molar-refractivity contribution in [3.05, 3.63) is 120 Å². The molecule has 4 atom stereocenters. The summed E-state index contributed by atoms with van der Waals surface area (Å²) >= 11 is 0. The number of H-pyrrole nitrogens is 2. The summed E-state index contributed by atoms with van der Waals surface area (Å²) in [6, 6.07) is 23.3. The third-order valence-corrected chi connectivity index (χ3v) is 12.4. The lowest BCUT2D eigenvalue weighted by Gasteiger charge is -2.37. The van der Waals surface area contributed by atoms with Gasteiger partial charge in [-0.1, -0.05) is 80.3 Å². The number of likely N-dealkylation sites (tertiary alicyclic amines) is 3. The Labute approximate surface area is 357 Å². The van der Waals surface area contributed by atoms with Crippen molar-refractivity contribution in [2.24, 2.45) is 11.7 Å². The van der Waals surface area contributed by atoms with Crippen LogP contribution in [-0.2, 0) is 9.59 Å². The quantitative estimate of drug-likeness (QED) is 0.106. The predicted molar refractivity (Wildman–Crippen MR) is 233 cm³/mol. The number of nitrogens with one attached hydrogen (secondary N) is 3. The third-order valence-electron chi connectivity index (χ3n) is 12.4. The van der Waals surface area contributed by atoms with E-state index in [0.29, 0.717) is 50.4 Å². The van der Waals surface area contributed by atoms with Gasteiger partial charge in [-0.2, -0.15) is 0 Å². The van der Waals surface area contributed by atoms with E-state index in [4.69, 9.17) is 10.7 Å². The molecule has 0 aliphatic carbocycles. The number of rotatable bonds is 9. The second kappa shape index (κ2) is 17.8. The molecule has 6 N–H and O–H groups in total.